The average Bonchev–Trinajstić information content (AvgIpc) is 3.17. The molecule has 5 N–H and O–H groups in total. The fourth-order valence-corrected chi connectivity index (χ4v) is 6.50. The largest absolute Gasteiger partial charge is 0.466 e. The number of hydrogen-bond acceptors (Lipinski definition) is 11. The minimum atomic E-state index is -1.01. The normalized spacial score (nSPS) is 11.3. The summed E-state index contributed by atoms with van der Waals surface area (Å²) < 4.78 is 7.09. The fraction of sp³-hybridized carbons (Fsp3) is 0.500. The number of unbranched alkanes of at least 4 members (excludes halogenated alkanes) is 1. The summed E-state index contributed by atoms with van der Waals surface area (Å²) in [6.07, 6.45) is 2.19. The van der Waals surface area contributed by atoms with E-state index in [0.717, 1.165) is 44.9 Å². The van der Waals surface area contributed by atoms with Gasteiger partial charge in [0.05, 0.1) is 32.7 Å². The Balaban J connectivity index is 1.50. The van der Waals surface area contributed by atoms with Crippen molar-refractivity contribution in [3.63, 3.8) is 0 Å². The Kier molecular flexibility index (Phi) is 19.0. The highest BCUT2D eigenvalue weighted by molar-refractivity contribution is 8.13. The number of anilines is 2. The van der Waals surface area contributed by atoms with Gasteiger partial charge in [0.15, 0.2) is 0 Å². The molecule has 0 bridgehead atoms. The molecule has 0 spiro atoms. The maximum Gasteiger partial charge on any atom is 0.306 e. The molecule has 0 unspecified atom stereocenters. The van der Waals surface area contributed by atoms with Crippen LogP contribution >= 0.6 is 11.8 Å². The van der Waals surface area contributed by atoms with Crippen molar-refractivity contribution in [2.24, 2.45) is 0 Å². The van der Waals surface area contributed by atoms with Gasteiger partial charge in [0, 0.05) is 94.5 Å². The minimum Gasteiger partial charge on any atom is -0.466 e. The van der Waals surface area contributed by atoms with E-state index in [1.54, 1.807) is 6.92 Å². The molecule has 5 amide bonds. The van der Waals surface area contributed by atoms with Gasteiger partial charge in [-0.05, 0) is 56.5 Å². The van der Waals surface area contributed by atoms with Crippen molar-refractivity contribution >= 4 is 85.6 Å². The summed E-state index contributed by atoms with van der Waals surface area (Å²) in [5, 5.41) is 14.7. The third kappa shape index (κ3) is 15.9. The van der Waals surface area contributed by atoms with Crippen LogP contribution in [0.25, 0.3) is 21.8 Å². The number of benzene rings is 2. The van der Waals surface area contributed by atoms with Gasteiger partial charge in [-0.15, -0.1) is 0 Å². The Morgan fingerprint density at radius 2 is 1.35 bits per heavy atom. The molecule has 16 nitrogen and oxygen atoms in total. The number of aromatic nitrogens is 1. The first-order valence-electron chi connectivity index (χ1n) is 19.1. The van der Waals surface area contributed by atoms with Crippen LogP contribution in [0.1, 0.15) is 52.4 Å². The van der Waals surface area contributed by atoms with Gasteiger partial charge in [-0.3, -0.25) is 33.6 Å². The smallest absolute Gasteiger partial charge is 0.306 e. The number of carbonyl (C=O) groups is 7. The van der Waals surface area contributed by atoms with Gasteiger partial charge >= 0.3 is 5.97 Å². The number of carbonyl (C=O) groups excluding carboxylic acids is 7. The van der Waals surface area contributed by atoms with Crippen molar-refractivity contribution in [2.75, 3.05) is 76.5 Å². The second-order valence-electron chi connectivity index (χ2n) is 13.8. The zero-order valence-electron chi connectivity index (χ0n) is 33.8. The van der Waals surface area contributed by atoms with Crippen molar-refractivity contribution < 1.29 is 42.9 Å². The van der Waals surface area contributed by atoms with Crippen LogP contribution < -0.4 is 41.0 Å². The lowest BCUT2D eigenvalue weighted by Gasteiger charge is -2.18. The van der Waals surface area contributed by atoms with Crippen LogP contribution in [0.2, 0.25) is 0 Å². The topological polar surface area (TPSA) is 199 Å². The number of rotatable bonds is 23. The molecule has 0 saturated carbocycles. The molecular formula is C40H57N8O8S+. The van der Waals surface area contributed by atoms with Gasteiger partial charge in [0.25, 0.3) is 0 Å². The zero-order valence-corrected chi connectivity index (χ0v) is 34.6. The lowest BCUT2D eigenvalue weighted by molar-refractivity contribution is -0.645. The minimum absolute atomic E-state index is 0.0653. The van der Waals surface area contributed by atoms with E-state index in [1.807, 2.05) is 28.2 Å². The second kappa shape index (κ2) is 23.6. The molecule has 1 aromatic heterocycles. The SMILES string of the molecule is CCOC(=O)CCSC(=O)CNC(=O)CNC(=O)[C@H](CCCCNC(=O)CCC[n+]1c2cc(N(C)C)ccc2cc2ccc(N(C)C)cc21)NC(=O)CNC(C)=O. The monoisotopic (exact) mass is 809 g/mol. The summed E-state index contributed by atoms with van der Waals surface area (Å²) in [6.45, 7) is 3.14. The van der Waals surface area contributed by atoms with Crippen molar-refractivity contribution in [1.29, 1.82) is 0 Å². The Morgan fingerprint density at radius 1 is 0.719 bits per heavy atom. The Morgan fingerprint density at radius 3 is 1.95 bits per heavy atom. The first-order valence-corrected chi connectivity index (χ1v) is 20.1. The van der Waals surface area contributed by atoms with Gasteiger partial charge in [0.2, 0.25) is 45.7 Å². The van der Waals surface area contributed by atoms with Crippen LogP contribution in [0.3, 0.4) is 0 Å². The number of ether oxygens (including phenoxy) is 1. The van der Waals surface area contributed by atoms with E-state index in [0.29, 0.717) is 38.8 Å². The summed E-state index contributed by atoms with van der Waals surface area (Å²) in [5.74, 6) is -2.51. The third-order valence-electron chi connectivity index (χ3n) is 8.86. The van der Waals surface area contributed by atoms with E-state index < -0.39 is 42.2 Å². The molecule has 3 rings (SSSR count). The van der Waals surface area contributed by atoms with Crippen molar-refractivity contribution in [3.8, 4) is 0 Å². The van der Waals surface area contributed by atoms with E-state index in [1.165, 1.54) is 6.92 Å². The first kappa shape index (κ1) is 45.9. The highest BCUT2D eigenvalue weighted by Gasteiger charge is 2.22. The lowest BCUT2D eigenvalue weighted by Crippen LogP contribution is -2.51. The molecule has 17 heteroatoms. The van der Waals surface area contributed by atoms with Crippen LogP contribution in [0.5, 0.6) is 0 Å². The van der Waals surface area contributed by atoms with Crippen LogP contribution in [0.15, 0.2) is 42.5 Å². The van der Waals surface area contributed by atoms with Crippen LogP contribution in [0.4, 0.5) is 11.4 Å². The maximum atomic E-state index is 13.0. The molecule has 2 aromatic carbocycles. The van der Waals surface area contributed by atoms with Gasteiger partial charge in [-0.1, -0.05) is 11.8 Å². The van der Waals surface area contributed by atoms with E-state index in [9.17, 15) is 33.6 Å². The summed E-state index contributed by atoms with van der Waals surface area (Å²) in [5.41, 5.74) is 4.33. The van der Waals surface area contributed by atoms with E-state index in [2.05, 4.69) is 83.4 Å². The first-order chi connectivity index (χ1) is 27.2. The number of amides is 5. The predicted octanol–water partition coefficient (Wildman–Crippen LogP) is 1.55. The molecular weight excluding hydrogens is 753 g/mol. The standard InChI is InChI=1S/C40H56N8O8S/c1-7-56-38(53)17-20-57-39(54)26-43-36(51)24-44-40(55)32(45-37(52)25-42-27(2)49)11-8-9-18-41-35(50)12-10-19-48-33-22-30(46(3)4)15-13-28(33)21-29-14-16-31(47(5)6)23-34(29)48/h13-16,21-23,32H,7-12,17-20,24-26H2,1-6H3,(H4-,41,42,43,44,45,49,50,51,52,55)/p+1/t32-/m0/s1. The van der Waals surface area contributed by atoms with Gasteiger partial charge in [-0.25, -0.2) is 0 Å². The van der Waals surface area contributed by atoms with Crippen molar-refractivity contribution in [3.05, 3.63) is 42.5 Å². The van der Waals surface area contributed by atoms with E-state index in [-0.39, 0.29) is 49.3 Å². The number of thioether (sulfide) groups is 1. The maximum absolute atomic E-state index is 13.0. The predicted molar refractivity (Wildman–Crippen MR) is 222 cm³/mol. The van der Waals surface area contributed by atoms with Gasteiger partial charge in [-0.2, -0.15) is 4.57 Å². The molecule has 0 aliphatic rings. The number of esters is 1. The van der Waals surface area contributed by atoms with Gasteiger partial charge < -0.3 is 41.1 Å². The zero-order chi connectivity index (χ0) is 41.9. The summed E-state index contributed by atoms with van der Waals surface area (Å²) in [7, 11) is 8.04. The Labute approximate surface area is 338 Å². The average molecular weight is 810 g/mol. The Bertz CT molecular complexity index is 1840. The summed E-state index contributed by atoms with van der Waals surface area (Å²) >= 11 is 0.886. The van der Waals surface area contributed by atoms with E-state index >= 15 is 0 Å². The summed E-state index contributed by atoms with van der Waals surface area (Å²) in [4.78, 5) is 89.5. The number of nitrogens with one attached hydrogen (secondary N) is 5. The molecule has 310 valence electrons. The number of pyridine rings is 1. The number of fused-ring (bicyclic) bond motifs is 2. The highest BCUT2D eigenvalue weighted by atomic mass is 32.2. The molecule has 0 fully saturated rings. The fourth-order valence-electron chi connectivity index (χ4n) is 5.83. The van der Waals surface area contributed by atoms with Crippen LogP contribution in [0, 0.1) is 0 Å². The molecule has 57 heavy (non-hydrogen) atoms. The van der Waals surface area contributed by atoms with Crippen molar-refractivity contribution in [2.45, 2.75) is 65.0 Å². The quantitative estimate of drug-likeness (QED) is 0.0403. The van der Waals surface area contributed by atoms with E-state index in [4.69, 9.17) is 4.74 Å². The number of hydrogen-bond donors (Lipinski definition) is 5. The Hall–Kier alpha value is -5.45. The van der Waals surface area contributed by atoms with Crippen LogP contribution in [-0.4, -0.2) is 113 Å². The molecule has 0 aliphatic carbocycles. The lowest BCUT2D eigenvalue weighted by atomic mass is 10.1. The summed E-state index contributed by atoms with van der Waals surface area (Å²) in [6, 6.07) is 14.0. The molecule has 1 atom stereocenters. The molecule has 0 saturated heterocycles. The van der Waals surface area contributed by atoms with Crippen molar-refractivity contribution in [1.82, 2.24) is 26.6 Å². The van der Waals surface area contributed by atoms with Gasteiger partial charge in [0.1, 0.15) is 12.6 Å². The molecule has 0 aliphatic heterocycles. The molecule has 0 radical (unpaired) electrons. The second-order valence-corrected chi connectivity index (χ2v) is 15.0. The number of aryl methyl sites for hydroxylation is 1. The third-order valence-corrected chi connectivity index (χ3v) is 9.73. The number of nitrogens with zero attached hydrogens (tertiary/aromatic N) is 3. The molecule has 1 heterocycles. The molecule has 3 aromatic rings. The highest BCUT2D eigenvalue weighted by Crippen LogP contribution is 2.25. The van der Waals surface area contributed by atoms with Crippen LogP contribution in [-0.2, 0) is 44.8 Å².